The molecular weight excluding hydrogens is 390 g/mol. The first-order valence-electron chi connectivity index (χ1n) is 7.66. The standard InChI is InChI=1S/C17H17N3O3S3/c1-11(12-5-7-13(8-6-12)26(18,22)23)20(2)17(21)14-10-25-16(19-14)15-4-3-9-24-15/h3-11H,1-2H3,(H2,18,22,23)/t11-/m1/s1. The van der Waals surface area contributed by atoms with Crippen LogP contribution in [0.2, 0.25) is 0 Å². The molecule has 3 rings (SSSR count). The highest BCUT2D eigenvalue weighted by atomic mass is 32.2. The summed E-state index contributed by atoms with van der Waals surface area (Å²) >= 11 is 3.02. The molecule has 0 spiro atoms. The topological polar surface area (TPSA) is 93.4 Å². The van der Waals surface area contributed by atoms with E-state index < -0.39 is 10.0 Å². The zero-order valence-corrected chi connectivity index (χ0v) is 16.6. The summed E-state index contributed by atoms with van der Waals surface area (Å²) in [5.74, 6) is -0.188. The molecule has 0 bridgehead atoms. The second-order valence-electron chi connectivity index (χ2n) is 5.72. The Labute approximate surface area is 160 Å². The third kappa shape index (κ3) is 3.85. The van der Waals surface area contributed by atoms with Crippen LogP contribution in [0.1, 0.15) is 29.0 Å². The number of nitrogens with zero attached hydrogens (tertiary/aromatic N) is 2. The molecule has 0 radical (unpaired) electrons. The minimum atomic E-state index is -3.73. The minimum absolute atomic E-state index is 0.0440. The molecule has 2 N–H and O–H groups in total. The molecule has 2 aromatic heterocycles. The number of benzene rings is 1. The lowest BCUT2D eigenvalue weighted by Crippen LogP contribution is -2.30. The molecule has 3 aromatic rings. The maximum Gasteiger partial charge on any atom is 0.273 e. The number of aromatic nitrogens is 1. The van der Waals surface area contributed by atoms with E-state index in [2.05, 4.69) is 4.98 Å². The molecule has 0 saturated heterocycles. The van der Waals surface area contributed by atoms with Gasteiger partial charge in [0.2, 0.25) is 10.0 Å². The Morgan fingerprint density at radius 1 is 1.19 bits per heavy atom. The fourth-order valence-electron chi connectivity index (χ4n) is 2.40. The van der Waals surface area contributed by atoms with Crippen LogP contribution in [0.3, 0.4) is 0 Å². The molecule has 136 valence electrons. The summed E-state index contributed by atoms with van der Waals surface area (Å²) in [6, 6.07) is 9.87. The summed E-state index contributed by atoms with van der Waals surface area (Å²) in [6.07, 6.45) is 0. The van der Waals surface area contributed by atoms with Crippen LogP contribution in [0, 0.1) is 0 Å². The quantitative estimate of drug-likeness (QED) is 0.702. The summed E-state index contributed by atoms with van der Waals surface area (Å²) in [4.78, 5) is 19.8. The molecule has 6 nitrogen and oxygen atoms in total. The van der Waals surface area contributed by atoms with Gasteiger partial charge in [-0.1, -0.05) is 18.2 Å². The third-order valence-electron chi connectivity index (χ3n) is 4.05. The number of hydrogen-bond donors (Lipinski definition) is 1. The molecule has 0 fully saturated rings. The van der Waals surface area contributed by atoms with Gasteiger partial charge in [0.05, 0.1) is 15.8 Å². The molecule has 0 aliphatic rings. The Bertz CT molecular complexity index is 1010. The molecule has 0 unspecified atom stereocenters. The largest absolute Gasteiger partial charge is 0.334 e. The smallest absolute Gasteiger partial charge is 0.273 e. The van der Waals surface area contributed by atoms with Gasteiger partial charge >= 0.3 is 0 Å². The second-order valence-corrected chi connectivity index (χ2v) is 9.09. The van der Waals surface area contributed by atoms with Crippen molar-refractivity contribution in [2.24, 2.45) is 5.14 Å². The number of rotatable bonds is 5. The Hall–Kier alpha value is -2.07. The number of primary sulfonamides is 1. The Kier molecular flexibility index (Phi) is 5.24. The number of thiazole rings is 1. The van der Waals surface area contributed by atoms with E-state index in [0.29, 0.717) is 5.69 Å². The van der Waals surface area contributed by atoms with E-state index in [1.807, 2.05) is 24.4 Å². The molecule has 1 aromatic carbocycles. The monoisotopic (exact) mass is 407 g/mol. The molecular formula is C17H17N3O3S3. The maximum absolute atomic E-state index is 12.7. The van der Waals surface area contributed by atoms with Crippen molar-refractivity contribution in [1.29, 1.82) is 0 Å². The van der Waals surface area contributed by atoms with Gasteiger partial charge in [0, 0.05) is 12.4 Å². The number of sulfonamides is 1. The highest BCUT2D eigenvalue weighted by Crippen LogP contribution is 2.29. The lowest BCUT2D eigenvalue weighted by atomic mass is 10.1. The van der Waals surface area contributed by atoms with Gasteiger partial charge in [-0.2, -0.15) is 0 Å². The van der Waals surface area contributed by atoms with Gasteiger partial charge in [-0.15, -0.1) is 22.7 Å². The highest BCUT2D eigenvalue weighted by Gasteiger charge is 2.22. The van der Waals surface area contributed by atoms with E-state index in [0.717, 1.165) is 15.4 Å². The van der Waals surface area contributed by atoms with Crippen LogP contribution in [0.4, 0.5) is 0 Å². The second kappa shape index (κ2) is 7.28. The molecule has 0 saturated carbocycles. The van der Waals surface area contributed by atoms with E-state index in [1.165, 1.54) is 23.5 Å². The van der Waals surface area contributed by atoms with Crippen LogP contribution in [0.5, 0.6) is 0 Å². The average molecular weight is 408 g/mol. The molecule has 2 heterocycles. The van der Waals surface area contributed by atoms with Crippen LogP contribution in [0.15, 0.2) is 52.1 Å². The fraction of sp³-hybridized carbons (Fsp3) is 0.176. The average Bonchev–Trinajstić information content (AvgIpc) is 3.30. The van der Waals surface area contributed by atoms with E-state index >= 15 is 0 Å². The normalized spacial score (nSPS) is 12.7. The molecule has 1 atom stereocenters. The van der Waals surface area contributed by atoms with Crippen molar-refractivity contribution < 1.29 is 13.2 Å². The van der Waals surface area contributed by atoms with Crippen molar-refractivity contribution in [2.75, 3.05) is 7.05 Å². The fourth-order valence-corrected chi connectivity index (χ4v) is 4.53. The first-order valence-corrected chi connectivity index (χ1v) is 11.0. The predicted molar refractivity (Wildman–Crippen MR) is 104 cm³/mol. The maximum atomic E-state index is 12.7. The summed E-state index contributed by atoms with van der Waals surface area (Å²) < 4.78 is 22.7. The van der Waals surface area contributed by atoms with Crippen LogP contribution < -0.4 is 5.14 Å². The number of amides is 1. The van der Waals surface area contributed by atoms with Crippen molar-refractivity contribution in [3.63, 3.8) is 0 Å². The van der Waals surface area contributed by atoms with Gasteiger partial charge in [0.25, 0.3) is 5.91 Å². The molecule has 26 heavy (non-hydrogen) atoms. The lowest BCUT2D eigenvalue weighted by molar-refractivity contribution is 0.0737. The predicted octanol–water partition coefficient (Wildman–Crippen LogP) is 3.35. The number of carbonyl (C=O) groups is 1. The number of hydrogen-bond acceptors (Lipinski definition) is 6. The van der Waals surface area contributed by atoms with Crippen LogP contribution in [0.25, 0.3) is 9.88 Å². The lowest BCUT2D eigenvalue weighted by Gasteiger charge is -2.24. The first kappa shape index (κ1) is 18.7. The van der Waals surface area contributed by atoms with Crippen LogP contribution in [-0.4, -0.2) is 31.3 Å². The Morgan fingerprint density at radius 3 is 2.46 bits per heavy atom. The third-order valence-corrected chi connectivity index (χ3v) is 6.86. The molecule has 1 amide bonds. The van der Waals surface area contributed by atoms with Gasteiger partial charge in [-0.05, 0) is 36.1 Å². The zero-order valence-electron chi connectivity index (χ0n) is 14.1. The van der Waals surface area contributed by atoms with Crippen molar-refractivity contribution in [1.82, 2.24) is 9.88 Å². The van der Waals surface area contributed by atoms with Crippen LogP contribution >= 0.6 is 22.7 Å². The van der Waals surface area contributed by atoms with Gasteiger partial charge in [-0.25, -0.2) is 18.5 Å². The molecule has 0 aliphatic carbocycles. The summed E-state index contributed by atoms with van der Waals surface area (Å²) in [5, 5.41) is 9.66. The van der Waals surface area contributed by atoms with Crippen molar-refractivity contribution in [3.8, 4) is 9.88 Å². The van der Waals surface area contributed by atoms with E-state index in [9.17, 15) is 13.2 Å². The summed E-state index contributed by atoms with van der Waals surface area (Å²) in [7, 11) is -2.03. The van der Waals surface area contributed by atoms with Crippen molar-refractivity contribution in [3.05, 3.63) is 58.4 Å². The van der Waals surface area contributed by atoms with Gasteiger partial charge in [-0.3, -0.25) is 4.79 Å². The van der Waals surface area contributed by atoms with E-state index in [4.69, 9.17) is 5.14 Å². The minimum Gasteiger partial charge on any atom is -0.334 e. The Morgan fingerprint density at radius 2 is 1.88 bits per heavy atom. The molecule has 0 aliphatic heterocycles. The number of nitrogens with two attached hydrogens (primary N) is 1. The SMILES string of the molecule is C[C@H](c1ccc(S(N)(=O)=O)cc1)N(C)C(=O)c1csc(-c2cccs2)n1. The summed E-state index contributed by atoms with van der Waals surface area (Å²) in [6.45, 7) is 1.87. The number of thiophene rings is 1. The van der Waals surface area contributed by atoms with Crippen LogP contribution in [-0.2, 0) is 10.0 Å². The first-order chi connectivity index (χ1) is 12.3. The zero-order chi connectivity index (χ0) is 18.9. The van der Waals surface area contributed by atoms with Gasteiger partial charge < -0.3 is 4.90 Å². The summed E-state index contributed by atoms with van der Waals surface area (Å²) in [5.41, 5.74) is 1.20. The van der Waals surface area contributed by atoms with E-state index in [-0.39, 0.29) is 16.8 Å². The van der Waals surface area contributed by atoms with E-state index in [1.54, 1.807) is 40.8 Å². The Balaban J connectivity index is 1.77. The highest BCUT2D eigenvalue weighted by molar-refractivity contribution is 7.89. The van der Waals surface area contributed by atoms with Gasteiger partial charge in [0.1, 0.15) is 10.7 Å². The van der Waals surface area contributed by atoms with Crippen molar-refractivity contribution in [2.45, 2.75) is 17.9 Å². The molecule has 9 heteroatoms. The number of carbonyl (C=O) groups excluding carboxylic acids is 1. The van der Waals surface area contributed by atoms with Crippen molar-refractivity contribution >= 4 is 38.6 Å². The van der Waals surface area contributed by atoms with Gasteiger partial charge in [0.15, 0.2) is 0 Å².